The van der Waals surface area contributed by atoms with Gasteiger partial charge in [0.25, 0.3) is 0 Å². The molecule has 1 heterocycles. The molecule has 2 N–H and O–H groups in total. The van der Waals surface area contributed by atoms with E-state index >= 15 is 0 Å². The molecule has 1 aromatic heterocycles. The minimum absolute atomic E-state index is 0.203. The van der Waals surface area contributed by atoms with Crippen LogP contribution in [-0.4, -0.2) is 10.4 Å². The van der Waals surface area contributed by atoms with Crippen molar-refractivity contribution in [3.8, 4) is 16.9 Å². The summed E-state index contributed by atoms with van der Waals surface area (Å²) in [6.45, 7) is 1.53. The number of nitrogens with two attached hydrogens (primary N) is 1. The molecule has 0 saturated carbocycles. The maximum absolute atomic E-state index is 14.0. The van der Waals surface area contributed by atoms with Crippen LogP contribution in [0.3, 0.4) is 0 Å². The number of rotatable bonds is 2. The molecule has 0 aliphatic rings. The topological polar surface area (TPSA) is 65.2 Å². The largest absolute Gasteiger partial charge is 0.414 e. The normalized spacial score (nSPS) is 10.3. The number of carbonyl (C=O) groups excluding carboxylic acids is 1. The second-order valence-corrected chi connectivity index (χ2v) is 4.17. The number of aromatic nitrogens is 1. The molecule has 4 nitrogen and oxygen atoms in total. The summed E-state index contributed by atoms with van der Waals surface area (Å²) in [7, 11) is 0. The Labute approximate surface area is 114 Å². The molecule has 0 radical (unpaired) electrons. The first-order valence-corrected chi connectivity index (χ1v) is 5.75. The summed E-state index contributed by atoms with van der Waals surface area (Å²) in [5, 5.41) is 0. The lowest BCUT2D eigenvalue weighted by atomic mass is 10.0. The van der Waals surface area contributed by atoms with E-state index in [9.17, 15) is 9.18 Å². The first kappa shape index (κ1) is 13.3. The van der Waals surface area contributed by atoms with Gasteiger partial charge in [0.15, 0.2) is 5.82 Å². The molecule has 0 aliphatic carbocycles. The van der Waals surface area contributed by atoms with Gasteiger partial charge in [-0.1, -0.05) is 12.1 Å². The minimum Gasteiger partial charge on any atom is -0.414 e. The molecule has 2 aromatic rings. The van der Waals surface area contributed by atoms with E-state index in [-0.39, 0.29) is 22.8 Å². The molecule has 2 rings (SSSR count). The third-order valence-electron chi connectivity index (χ3n) is 2.49. The van der Waals surface area contributed by atoms with Crippen LogP contribution in [0.4, 0.5) is 15.0 Å². The lowest BCUT2D eigenvalue weighted by Gasteiger charge is -2.08. The molecule has 0 spiro atoms. The smallest absolute Gasteiger partial charge is 0.409 e. The molecule has 0 fully saturated rings. The summed E-state index contributed by atoms with van der Waals surface area (Å²) in [6.07, 6.45) is 0. The van der Waals surface area contributed by atoms with Crippen molar-refractivity contribution in [2.45, 2.75) is 6.92 Å². The Balaban J connectivity index is 2.50. The summed E-state index contributed by atoms with van der Waals surface area (Å²) in [5.74, 6) is -0.0258. The minimum atomic E-state index is -0.956. The first-order valence-electron chi connectivity index (χ1n) is 5.37. The number of hydrogen-bond acceptors (Lipinski definition) is 4. The Morgan fingerprint density at radius 2 is 2.16 bits per heavy atom. The lowest BCUT2D eigenvalue weighted by Crippen LogP contribution is -1.99. The standard InChI is InChI=1S/C13H10ClFN2O2/c1-7-12(15)10(6-11(16)17-7)8-3-2-4-9(5-8)19-13(14)18/h2-6H,1H3,(H2,16,17). The number of nitrogens with zero attached hydrogens (tertiary/aromatic N) is 1. The van der Waals surface area contributed by atoms with Crippen molar-refractivity contribution in [2.24, 2.45) is 0 Å². The van der Waals surface area contributed by atoms with Crippen LogP contribution in [0, 0.1) is 12.7 Å². The van der Waals surface area contributed by atoms with Gasteiger partial charge in [0, 0.05) is 17.2 Å². The van der Waals surface area contributed by atoms with Gasteiger partial charge in [-0.15, -0.1) is 0 Å². The first-order chi connectivity index (χ1) is 8.97. The summed E-state index contributed by atoms with van der Waals surface area (Å²) in [4.78, 5) is 14.5. The maximum Gasteiger partial charge on any atom is 0.409 e. The van der Waals surface area contributed by atoms with Gasteiger partial charge in [-0.2, -0.15) is 0 Å². The number of nitrogen functional groups attached to an aromatic ring is 1. The van der Waals surface area contributed by atoms with Gasteiger partial charge in [0.1, 0.15) is 11.6 Å². The number of anilines is 1. The molecule has 6 heteroatoms. The Kier molecular flexibility index (Phi) is 3.66. The summed E-state index contributed by atoms with van der Waals surface area (Å²) >= 11 is 5.13. The quantitative estimate of drug-likeness (QED) is 0.855. The van der Waals surface area contributed by atoms with Crippen LogP contribution in [0.25, 0.3) is 11.1 Å². The van der Waals surface area contributed by atoms with E-state index in [0.29, 0.717) is 5.56 Å². The molecule has 19 heavy (non-hydrogen) atoms. The summed E-state index contributed by atoms with van der Waals surface area (Å²) in [6, 6.07) is 7.75. The summed E-state index contributed by atoms with van der Waals surface area (Å²) < 4.78 is 18.7. The van der Waals surface area contributed by atoms with Gasteiger partial charge in [-0.05, 0) is 30.7 Å². The predicted octanol–water partition coefficient (Wildman–Crippen LogP) is 3.52. The number of halogens is 2. The van der Waals surface area contributed by atoms with Gasteiger partial charge in [-0.25, -0.2) is 14.2 Å². The van der Waals surface area contributed by atoms with Gasteiger partial charge in [-0.3, -0.25) is 0 Å². The number of pyridine rings is 1. The van der Waals surface area contributed by atoms with E-state index in [1.807, 2.05) is 0 Å². The molecule has 0 amide bonds. The molecule has 0 aliphatic heterocycles. The van der Waals surface area contributed by atoms with Gasteiger partial charge < -0.3 is 10.5 Å². The number of carbonyl (C=O) groups is 1. The Morgan fingerprint density at radius 3 is 2.84 bits per heavy atom. The van der Waals surface area contributed by atoms with E-state index in [1.165, 1.54) is 19.1 Å². The fourth-order valence-electron chi connectivity index (χ4n) is 1.71. The van der Waals surface area contributed by atoms with Crippen LogP contribution in [-0.2, 0) is 0 Å². The monoisotopic (exact) mass is 280 g/mol. The van der Waals surface area contributed by atoms with Gasteiger partial charge in [0.05, 0.1) is 5.69 Å². The molecular weight excluding hydrogens is 271 g/mol. The van der Waals surface area contributed by atoms with Gasteiger partial charge in [0.2, 0.25) is 0 Å². The van der Waals surface area contributed by atoms with Crippen molar-refractivity contribution in [1.82, 2.24) is 4.98 Å². The Hall–Kier alpha value is -2.14. The third-order valence-corrected chi connectivity index (χ3v) is 2.56. The molecule has 0 atom stereocenters. The van der Waals surface area contributed by atoms with Crippen molar-refractivity contribution in [3.05, 3.63) is 41.8 Å². The van der Waals surface area contributed by atoms with E-state index in [1.54, 1.807) is 18.2 Å². The van der Waals surface area contributed by atoms with E-state index in [4.69, 9.17) is 22.1 Å². The predicted molar refractivity (Wildman–Crippen MR) is 70.7 cm³/mol. The molecule has 0 saturated heterocycles. The third kappa shape index (κ3) is 3.00. The number of ether oxygens (including phenoxy) is 1. The van der Waals surface area contributed by atoms with E-state index < -0.39 is 11.2 Å². The molecule has 1 aromatic carbocycles. The maximum atomic E-state index is 14.0. The van der Waals surface area contributed by atoms with Crippen LogP contribution in [0.2, 0.25) is 0 Å². The van der Waals surface area contributed by atoms with Crippen LogP contribution in [0.1, 0.15) is 5.69 Å². The molecule has 0 unspecified atom stereocenters. The fourth-order valence-corrected chi connectivity index (χ4v) is 1.80. The van der Waals surface area contributed by atoms with E-state index in [2.05, 4.69) is 4.98 Å². The van der Waals surface area contributed by atoms with Crippen molar-refractivity contribution >= 4 is 22.8 Å². The van der Waals surface area contributed by atoms with Crippen molar-refractivity contribution in [3.63, 3.8) is 0 Å². The zero-order chi connectivity index (χ0) is 14.0. The molecule has 98 valence electrons. The second kappa shape index (κ2) is 5.24. The zero-order valence-corrected chi connectivity index (χ0v) is 10.7. The van der Waals surface area contributed by atoms with Crippen LogP contribution < -0.4 is 10.5 Å². The Morgan fingerprint density at radius 1 is 1.42 bits per heavy atom. The average Bonchev–Trinajstić information content (AvgIpc) is 2.33. The van der Waals surface area contributed by atoms with Crippen LogP contribution >= 0.6 is 11.6 Å². The highest BCUT2D eigenvalue weighted by atomic mass is 35.5. The number of aryl methyl sites for hydroxylation is 1. The van der Waals surface area contributed by atoms with Crippen molar-refractivity contribution < 1.29 is 13.9 Å². The highest BCUT2D eigenvalue weighted by Crippen LogP contribution is 2.28. The zero-order valence-electron chi connectivity index (χ0n) is 9.98. The summed E-state index contributed by atoms with van der Waals surface area (Å²) in [5.41, 5.74) is 5.66. The Bertz CT molecular complexity index is 647. The SMILES string of the molecule is Cc1nc(N)cc(-c2cccc(OC(=O)Cl)c2)c1F. The van der Waals surface area contributed by atoms with Crippen molar-refractivity contribution in [1.29, 1.82) is 0 Å². The highest BCUT2D eigenvalue weighted by Gasteiger charge is 2.11. The van der Waals surface area contributed by atoms with Crippen LogP contribution in [0.5, 0.6) is 5.75 Å². The van der Waals surface area contributed by atoms with E-state index in [0.717, 1.165) is 0 Å². The number of hydrogen-bond donors (Lipinski definition) is 1. The average molecular weight is 281 g/mol. The fraction of sp³-hybridized carbons (Fsp3) is 0.0769. The van der Waals surface area contributed by atoms with Gasteiger partial charge >= 0.3 is 5.43 Å². The van der Waals surface area contributed by atoms with Crippen LogP contribution in [0.15, 0.2) is 30.3 Å². The highest BCUT2D eigenvalue weighted by molar-refractivity contribution is 6.61. The lowest BCUT2D eigenvalue weighted by molar-refractivity contribution is 0.225. The molecular formula is C13H10ClFN2O2. The second-order valence-electron chi connectivity index (χ2n) is 3.86. The number of benzene rings is 1. The van der Waals surface area contributed by atoms with Crippen molar-refractivity contribution in [2.75, 3.05) is 5.73 Å². The molecule has 0 bridgehead atoms.